The van der Waals surface area contributed by atoms with Crippen LogP contribution in [0.3, 0.4) is 0 Å². The summed E-state index contributed by atoms with van der Waals surface area (Å²) in [4.78, 5) is 2.65. The topological polar surface area (TPSA) is 15.3 Å². The number of likely N-dealkylation sites (tertiary alicyclic amines) is 1. The third-order valence-corrected chi connectivity index (χ3v) is 3.55. The van der Waals surface area contributed by atoms with Gasteiger partial charge in [-0.15, -0.1) is 0 Å². The Morgan fingerprint density at radius 2 is 1.88 bits per heavy atom. The first-order valence-electron chi connectivity index (χ1n) is 7.28. The molecule has 2 heteroatoms. The molecule has 1 saturated heterocycles. The molecule has 1 unspecified atom stereocenters. The molecule has 96 valence electrons. The van der Waals surface area contributed by atoms with Crippen molar-refractivity contribution in [1.29, 1.82) is 0 Å². The van der Waals surface area contributed by atoms with E-state index in [4.69, 9.17) is 0 Å². The van der Waals surface area contributed by atoms with Crippen molar-refractivity contribution >= 4 is 0 Å². The van der Waals surface area contributed by atoms with E-state index in [0.29, 0.717) is 6.04 Å². The van der Waals surface area contributed by atoms with Gasteiger partial charge in [-0.1, -0.05) is 19.8 Å². The summed E-state index contributed by atoms with van der Waals surface area (Å²) in [6.45, 7) is 9.76. The van der Waals surface area contributed by atoms with Gasteiger partial charge in [0.1, 0.15) is 0 Å². The maximum absolute atomic E-state index is 3.56. The van der Waals surface area contributed by atoms with Gasteiger partial charge in [0.2, 0.25) is 0 Å². The average molecular weight is 226 g/mol. The van der Waals surface area contributed by atoms with Crippen LogP contribution < -0.4 is 5.32 Å². The van der Waals surface area contributed by atoms with Crippen LogP contribution in [-0.4, -0.2) is 37.1 Å². The van der Waals surface area contributed by atoms with Crippen molar-refractivity contribution in [3.05, 3.63) is 0 Å². The summed E-state index contributed by atoms with van der Waals surface area (Å²) < 4.78 is 0. The van der Waals surface area contributed by atoms with Gasteiger partial charge >= 0.3 is 0 Å². The average Bonchev–Trinajstić information content (AvgIpc) is 2.33. The highest BCUT2D eigenvalue weighted by Gasteiger charge is 2.09. The molecule has 1 aliphatic rings. The Hall–Kier alpha value is -0.0800. The van der Waals surface area contributed by atoms with Crippen LogP contribution in [0.15, 0.2) is 0 Å². The third-order valence-electron chi connectivity index (χ3n) is 3.55. The second-order valence-corrected chi connectivity index (χ2v) is 5.25. The molecule has 1 rings (SSSR count). The van der Waals surface area contributed by atoms with E-state index in [0.717, 1.165) is 0 Å². The predicted octanol–water partition coefficient (Wildman–Crippen LogP) is 3.03. The van der Waals surface area contributed by atoms with Crippen molar-refractivity contribution in [2.45, 2.75) is 64.8 Å². The molecule has 1 atom stereocenters. The first-order valence-corrected chi connectivity index (χ1v) is 7.28. The van der Waals surface area contributed by atoms with E-state index in [-0.39, 0.29) is 0 Å². The van der Waals surface area contributed by atoms with Crippen LogP contribution in [-0.2, 0) is 0 Å². The highest BCUT2D eigenvalue weighted by Crippen LogP contribution is 2.10. The molecule has 16 heavy (non-hydrogen) atoms. The zero-order chi connectivity index (χ0) is 11.6. The normalized spacial score (nSPS) is 19.9. The molecule has 0 radical (unpaired) electrons. The fourth-order valence-electron chi connectivity index (χ4n) is 2.46. The lowest BCUT2D eigenvalue weighted by Gasteiger charge is -2.26. The van der Waals surface area contributed by atoms with Crippen molar-refractivity contribution < 1.29 is 0 Å². The molecule has 0 aromatic heterocycles. The highest BCUT2D eigenvalue weighted by atomic mass is 15.1. The zero-order valence-corrected chi connectivity index (χ0v) is 11.3. The Balaban J connectivity index is 1.90. The molecule has 0 aromatic rings. The molecule has 1 N–H and O–H groups in total. The monoisotopic (exact) mass is 226 g/mol. The van der Waals surface area contributed by atoms with Crippen molar-refractivity contribution in [3.8, 4) is 0 Å². The van der Waals surface area contributed by atoms with E-state index in [9.17, 15) is 0 Å². The van der Waals surface area contributed by atoms with Crippen LogP contribution in [0.1, 0.15) is 58.8 Å². The quantitative estimate of drug-likeness (QED) is 0.640. The molecule has 2 nitrogen and oxygen atoms in total. The van der Waals surface area contributed by atoms with Gasteiger partial charge < -0.3 is 10.2 Å². The van der Waals surface area contributed by atoms with E-state index < -0.39 is 0 Å². The number of hydrogen-bond donors (Lipinski definition) is 1. The second-order valence-electron chi connectivity index (χ2n) is 5.25. The molecule has 0 bridgehead atoms. The van der Waals surface area contributed by atoms with E-state index >= 15 is 0 Å². The molecule has 1 heterocycles. The van der Waals surface area contributed by atoms with E-state index in [1.54, 1.807) is 0 Å². The molecule has 0 saturated carbocycles. The largest absolute Gasteiger partial charge is 0.314 e. The minimum absolute atomic E-state index is 0.710. The van der Waals surface area contributed by atoms with Crippen LogP contribution in [0.2, 0.25) is 0 Å². The fraction of sp³-hybridized carbons (Fsp3) is 1.00. The van der Waals surface area contributed by atoms with Gasteiger partial charge in [0.25, 0.3) is 0 Å². The van der Waals surface area contributed by atoms with E-state index in [1.165, 1.54) is 71.1 Å². The summed E-state index contributed by atoms with van der Waals surface area (Å²) in [6, 6.07) is 0.710. The van der Waals surface area contributed by atoms with E-state index in [1.807, 2.05) is 0 Å². The smallest absolute Gasteiger partial charge is 0.00387 e. The summed E-state index contributed by atoms with van der Waals surface area (Å²) in [6.07, 6.45) is 9.66. The van der Waals surface area contributed by atoms with Gasteiger partial charge in [-0.3, -0.25) is 0 Å². The Bertz CT molecular complexity index is 153. The number of unbranched alkanes of at least 4 members (excludes halogenated alkanes) is 1. The first kappa shape index (κ1) is 14.0. The number of nitrogens with zero attached hydrogens (tertiary/aromatic N) is 1. The molecule has 1 aliphatic heterocycles. The maximum Gasteiger partial charge on any atom is 0.00387 e. The maximum atomic E-state index is 3.56. The Kier molecular flexibility index (Phi) is 7.87. The van der Waals surface area contributed by atoms with Gasteiger partial charge in [-0.25, -0.2) is 0 Å². The lowest BCUT2D eigenvalue weighted by atomic mass is 10.1. The molecule has 1 fully saturated rings. The Morgan fingerprint density at radius 3 is 2.56 bits per heavy atom. The number of nitrogens with one attached hydrogen (secondary N) is 1. The van der Waals surface area contributed by atoms with Gasteiger partial charge in [0.15, 0.2) is 0 Å². The summed E-state index contributed by atoms with van der Waals surface area (Å²) >= 11 is 0. The standard InChI is InChI=1S/C14H30N2/c1-3-10-15-14(2)9-5-8-13-16-11-6-4-7-12-16/h14-15H,3-13H2,1-2H3. The molecule has 0 amide bonds. The molecule has 0 spiro atoms. The second kappa shape index (κ2) is 9.00. The van der Waals surface area contributed by atoms with Crippen LogP contribution in [0.4, 0.5) is 0 Å². The molecule has 0 aliphatic carbocycles. The number of rotatable bonds is 8. The van der Waals surface area contributed by atoms with Gasteiger partial charge in [0, 0.05) is 6.04 Å². The van der Waals surface area contributed by atoms with Crippen molar-refractivity contribution in [2.75, 3.05) is 26.2 Å². The Morgan fingerprint density at radius 1 is 1.12 bits per heavy atom. The summed E-state index contributed by atoms with van der Waals surface area (Å²) in [7, 11) is 0. The van der Waals surface area contributed by atoms with Gasteiger partial charge in [0.05, 0.1) is 0 Å². The van der Waals surface area contributed by atoms with Gasteiger partial charge in [-0.05, 0) is 65.2 Å². The lowest BCUT2D eigenvalue weighted by Crippen LogP contribution is -2.31. The first-order chi connectivity index (χ1) is 7.83. The fourth-order valence-corrected chi connectivity index (χ4v) is 2.46. The number of piperidine rings is 1. The lowest BCUT2D eigenvalue weighted by molar-refractivity contribution is 0.223. The molecular weight excluding hydrogens is 196 g/mol. The summed E-state index contributed by atoms with van der Waals surface area (Å²) in [5, 5.41) is 3.56. The SMILES string of the molecule is CCCNC(C)CCCCN1CCCCC1. The minimum Gasteiger partial charge on any atom is -0.314 e. The summed E-state index contributed by atoms with van der Waals surface area (Å²) in [5.41, 5.74) is 0. The van der Waals surface area contributed by atoms with Gasteiger partial charge in [-0.2, -0.15) is 0 Å². The van der Waals surface area contributed by atoms with E-state index in [2.05, 4.69) is 24.1 Å². The van der Waals surface area contributed by atoms with Crippen LogP contribution in [0.5, 0.6) is 0 Å². The van der Waals surface area contributed by atoms with Crippen molar-refractivity contribution in [1.82, 2.24) is 10.2 Å². The molecule has 0 aromatic carbocycles. The number of hydrogen-bond acceptors (Lipinski definition) is 2. The van der Waals surface area contributed by atoms with Crippen LogP contribution >= 0.6 is 0 Å². The van der Waals surface area contributed by atoms with Crippen LogP contribution in [0.25, 0.3) is 0 Å². The van der Waals surface area contributed by atoms with Crippen LogP contribution in [0, 0.1) is 0 Å². The molecular formula is C14H30N2. The van der Waals surface area contributed by atoms with Crippen molar-refractivity contribution in [3.63, 3.8) is 0 Å². The minimum atomic E-state index is 0.710. The predicted molar refractivity (Wildman–Crippen MR) is 71.9 cm³/mol. The Labute approximate surface area is 102 Å². The summed E-state index contributed by atoms with van der Waals surface area (Å²) in [5.74, 6) is 0. The highest BCUT2D eigenvalue weighted by molar-refractivity contribution is 4.65. The zero-order valence-electron chi connectivity index (χ0n) is 11.3. The van der Waals surface area contributed by atoms with Crippen molar-refractivity contribution in [2.24, 2.45) is 0 Å². The third kappa shape index (κ3) is 6.49.